The summed E-state index contributed by atoms with van der Waals surface area (Å²) in [5.41, 5.74) is 0.962. The van der Waals surface area contributed by atoms with E-state index in [0.29, 0.717) is 0 Å². The minimum atomic E-state index is -0.0440. The van der Waals surface area contributed by atoms with E-state index in [1.165, 1.54) is 0 Å². The van der Waals surface area contributed by atoms with Crippen LogP contribution < -0.4 is 10.1 Å². The number of imidazole rings is 1. The van der Waals surface area contributed by atoms with Crippen molar-refractivity contribution >= 4 is 0 Å². The number of methoxy groups -OCH3 is 1. The highest BCUT2D eigenvalue weighted by Crippen LogP contribution is 2.27. The number of nitrogens with zero attached hydrogens (tertiary/aromatic N) is 4. The first-order valence-electron chi connectivity index (χ1n) is 5.39. The second-order valence-electron chi connectivity index (χ2n) is 3.84. The summed E-state index contributed by atoms with van der Waals surface area (Å²) in [6.07, 6.45) is 5.41. The van der Waals surface area contributed by atoms with Crippen LogP contribution in [0, 0.1) is 0 Å². The van der Waals surface area contributed by atoms with Crippen molar-refractivity contribution in [2.24, 2.45) is 14.1 Å². The quantitative estimate of drug-likeness (QED) is 0.837. The predicted octanol–water partition coefficient (Wildman–Crippen LogP) is 0.471. The molecule has 1 unspecified atom stereocenters. The van der Waals surface area contributed by atoms with E-state index in [-0.39, 0.29) is 6.04 Å². The van der Waals surface area contributed by atoms with E-state index in [0.717, 1.165) is 17.3 Å². The van der Waals surface area contributed by atoms with E-state index >= 15 is 0 Å². The van der Waals surface area contributed by atoms with Gasteiger partial charge in [-0.25, -0.2) is 4.98 Å². The van der Waals surface area contributed by atoms with Crippen LogP contribution in [0.2, 0.25) is 0 Å². The van der Waals surface area contributed by atoms with Crippen LogP contribution in [-0.4, -0.2) is 33.5 Å². The van der Waals surface area contributed by atoms with Gasteiger partial charge in [0.2, 0.25) is 0 Å². The first-order chi connectivity index (χ1) is 8.19. The van der Waals surface area contributed by atoms with E-state index in [2.05, 4.69) is 15.4 Å². The number of ether oxygens (including phenoxy) is 1. The van der Waals surface area contributed by atoms with Crippen molar-refractivity contribution in [3.8, 4) is 5.75 Å². The molecule has 92 valence electrons. The van der Waals surface area contributed by atoms with Crippen LogP contribution in [0.3, 0.4) is 0 Å². The second kappa shape index (κ2) is 4.58. The average molecular weight is 235 g/mol. The molecule has 1 atom stereocenters. The maximum atomic E-state index is 5.33. The van der Waals surface area contributed by atoms with Gasteiger partial charge in [-0.1, -0.05) is 0 Å². The summed E-state index contributed by atoms with van der Waals surface area (Å²) < 4.78 is 9.11. The summed E-state index contributed by atoms with van der Waals surface area (Å²) in [5, 5.41) is 7.45. The molecule has 0 saturated carbocycles. The Morgan fingerprint density at radius 2 is 2.18 bits per heavy atom. The van der Waals surface area contributed by atoms with Crippen LogP contribution in [0.25, 0.3) is 0 Å². The monoisotopic (exact) mass is 235 g/mol. The molecule has 0 bridgehead atoms. The van der Waals surface area contributed by atoms with Crippen molar-refractivity contribution in [2.75, 3.05) is 14.2 Å². The lowest BCUT2D eigenvalue weighted by Crippen LogP contribution is -2.24. The van der Waals surface area contributed by atoms with Gasteiger partial charge >= 0.3 is 0 Å². The van der Waals surface area contributed by atoms with Gasteiger partial charge in [-0.2, -0.15) is 5.10 Å². The lowest BCUT2D eigenvalue weighted by atomic mass is 10.2. The highest BCUT2D eigenvalue weighted by atomic mass is 16.5. The van der Waals surface area contributed by atoms with Gasteiger partial charge in [-0.05, 0) is 7.05 Å². The summed E-state index contributed by atoms with van der Waals surface area (Å²) in [6, 6.07) is -0.0440. The van der Waals surface area contributed by atoms with E-state index < -0.39 is 0 Å². The molecule has 6 heteroatoms. The number of rotatable bonds is 4. The fourth-order valence-corrected chi connectivity index (χ4v) is 1.96. The Morgan fingerprint density at radius 1 is 1.41 bits per heavy atom. The van der Waals surface area contributed by atoms with Gasteiger partial charge in [0.15, 0.2) is 5.75 Å². The van der Waals surface area contributed by atoms with E-state index in [1.807, 2.05) is 31.9 Å². The highest BCUT2D eigenvalue weighted by Gasteiger charge is 2.23. The lowest BCUT2D eigenvalue weighted by Gasteiger charge is -2.17. The maximum absolute atomic E-state index is 5.33. The van der Waals surface area contributed by atoms with E-state index in [1.54, 1.807) is 24.2 Å². The third kappa shape index (κ3) is 1.91. The first-order valence-corrected chi connectivity index (χ1v) is 5.39. The van der Waals surface area contributed by atoms with Crippen molar-refractivity contribution in [3.05, 3.63) is 30.1 Å². The molecule has 2 rings (SSSR count). The van der Waals surface area contributed by atoms with Crippen LogP contribution >= 0.6 is 0 Å². The molecule has 0 aromatic carbocycles. The lowest BCUT2D eigenvalue weighted by molar-refractivity contribution is 0.400. The average Bonchev–Trinajstić information content (AvgIpc) is 2.89. The van der Waals surface area contributed by atoms with Crippen LogP contribution in [0.5, 0.6) is 5.75 Å². The molecule has 2 heterocycles. The Bertz CT molecular complexity index is 502. The highest BCUT2D eigenvalue weighted by molar-refractivity contribution is 5.32. The maximum Gasteiger partial charge on any atom is 0.162 e. The molecular weight excluding hydrogens is 218 g/mol. The Kier molecular flexibility index (Phi) is 3.14. The fourth-order valence-electron chi connectivity index (χ4n) is 1.96. The molecule has 2 aromatic rings. The van der Waals surface area contributed by atoms with Crippen molar-refractivity contribution in [2.45, 2.75) is 6.04 Å². The van der Waals surface area contributed by atoms with Crippen LogP contribution in [-0.2, 0) is 14.1 Å². The smallest absolute Gasteiger partial charge is 0.162 e. The van der Waals surface area contributed by atoms with Gasteiger partial charge in [-0.3, -0.25) is 4.68 Å². The number of aromatic nitrogens is 4. The number of hydrogen-bond donors (Lipinski definition) is 1. The summed E-state index contributed by atoms with van der Waals surface area (Å²) in [5.74, 6) is 1.68. The SMILES string of the molecule is CNC(c1nccn1C)c1c(OC)cnn1C. The molecular formula is C11H17N5O. The molecule has 1 N–H and O–H groups in total. The molecule has 0 spiro atoms. The predicted molar refractivity (Wildman–Crippen MR) is 63.9 cm³/mol. The molecule has 0 amide bonds. The minimum Gasteiger partial charge on any atom is -0.493 e. The zero-order valence-electron chi connectivity index (χ0n) is 10.5. The number of hydrogen-bond acceptors (Lipinski definition) is 4. The molecule has 2 aromatic heterocycles. The van der Waals surface area contributed by atoms with Gasteiger partial charge in [0.25, 0.3) is 0 Å². The first kappa shape index (κ1) is 11.7. The molecule has 6 nitrogen and oxygen atoms in total. The molecule has 0 saturated heterocycles. The van der Waals surface area contributed by atoms with Crippen molar-refractivity contribution < 1.29 is 4.74 Å². The molecule has 0 aliphatic carbocycles. The topological polar surface area (TPSA) is 56.9 Å². The van der Waals surface area contributed by atoms with E-state index in [9.17, 15) is 0 Å². The Morgan fingerprint density at radius 3 is 2.71 bits per heavy atom. The normalized spacial score (nSPS) is 12.7. The summed E-state index contributed by atoms with van der Waals surface area (Å²) in [6.45, 7) is 0. The van der Waals surface area contributed by atoms with Gasteiger partial charge in [0.1, 0.15) is 17.6 Å². The number of nitrogens with one attached hydrogen (secondary N) is 1. The van der Waals surface area contributed by atoms with Crippen molar-refractivity contribution in [1.29, 1.82) is 0 Å². The molecule has 17 heavy (non-hydrogen) atoms. The standard InChI is InChI=1S/C11H17N5O/c1-12-9(11-13-5-6-15(11)2)10-8(17-4)7-14-16(10)3/h5-7,9,12H,1-4H3. The number of aryl methyl sites for hydroxylation is 2. The van der Waals surface area contributed by atoms with Crippen LogP contribution in [0.4, 0.5) is 0 Å². The third-order valence-electron chi connectivity index (χ3n) is 2.85. The largest absolute Gasteiger partial charge is 0.493 e. The second-order valence-corrected chi connectivity index (χ2v) is 3.84. The van der Waals surface area contributed by atoms with Crippen LogP contribution in [0.1, 0.15) is 17.6 Å². The van der Waals surface area contributed by atoms with Gasteiger partial charge in [-0.15, -0.1) is 0 Å². The zero-order valence-corrected chi connectivity index (χ0v) is 10.5. The Balaban J connectivity index is 2.49. The molecule has 0 fully saturated rings. The third-order valence-corrected chi connectivity index (χ3v) is 2.85. The summed E-state index contributed by atoms with van der Waals surface area (Å²) in [4.78, 5) is 4.36. The summed E-state index contributed by atoms with van der Waals surface area (Å²) >= 11 is 0. The van der Waals surface area contributed by atoms with Crippen molar-refractivity contribution in [1.82, 2.24) is 24.6 Å². The zero-order chi connectivity index (χ0) is 12.4. The van der Waals surface area contributed by atoms with E-state index in [4.69, 9.17) is 4.74 Å². The summed E-state index contributed by atoms with van der Waals surface area (Å²) in [7, 11) is 7.40. The van der Waals surface area contributed by atoms with Crippen molar-refractivity contribution in [3.63, 3.8) is 0 Å². The molecule has 0 radical (unpaired) electrons. The molecule has 0 aliphatic heterocycles. The Hall–Kier alpha value is -1.82. The van der Waals surface area contributed by atoms with Crippen LogP contribution in [0.15, 0.2) is 18.6 Å². The van der Waals surface area contributed by atoms with Gasteiger partial charge in [0.05, 0.1) is 13.3 Å². The van der Waals surface area contributed by atoms with Gasteiger partial charge in [0, 0.05) is 26.5 Å². The Labute approximate surface area is 100 Å². The fraction of sp³-hybridized carbons (Fsp3) is 0.455. The molecule has 0 aliphatic rings. The van der Waals surface area contributed by atoms with Gasteiger partial charge < -0.3 is 14.6 Å². The minimum absolute atomic E-state index is 0.0440.